The zero-order valence-electron chi connectivity index (χ0n) is 17.2. The summed E-state index contributed by atoms with van der Waals surface area (Å²) in [6.07, 6.45) is 31.4. The van der Waals surface area contributed by atoms with Crippen molar-refractivity contribution in [3.8, 4) is 0 Å². The first kappa shape index (κ1) is 20.8. The van der Waals surface area contributed by atoms with Crippen molar-refractivity contribution in [3.63, 3.8) is 0 Å². The zero-order valence-corrected chi connectivity index (χ0v) is 17.2. The van der Waals surface area contributed by atoms with Crippen molar-refractivity contribution in [2.45, 2.75) is 110 Å². The van der Waals surface area contributed by atoms with E-state index >= 15 is 0 Å². The van der Waals surface area contributed by atoms with E-state index in [1.807, 2.05) is 0 Å². The maximum absolute atomic E-state index is 2.58. The second-order valence-corrected chi connectivity index (χ2v) is 8.90. The van der Waals surface area contributed by atoms with Gasteiger partial charge in [0.2, 0.25) is 0 Å². The Labute approximate surface area is 158 Å². The van der Waals surface area contributed by atoms with E-state index in [1.165, 1.54) is 96.3 Å². The lowest BCUT2D eigenvalue weighted by Gasteiger charge is -2.27. The van der Waals surface area contributed by atoms with Gasteiger partial charge in [-0.25, -0.2) is 0 Å². The average Bonchev–Trinajstić information content (AvgIpc) is 2.66. The molecule has 0 aliphatic heterocycles. The fourth-order valence-electron chi connectivity index (χ4n) is 4.97. The Kier molecular flexibility index (Phi) is 10.6. The fraction of sp³-hybridized carbons (Fsp3) is 0.840. The molecule has 0 saturated heterocycles. The van der Waals surface area contributed by atoms with Crippen molar-refractivity contribution < 1.29 is 0 Å². The lowest BCUT2D eigenvalue weighted by molar-refractivity contribution is 0.287. The predicted octanol–water partition coefficient (Wildman–Crippen LogP) is 8.48. The summed E-state index contributed by atoms with van der Waals surface area (Å²) < 4.78 is 0. The van der Waals surface area contributed by atoms with Crippen LogP contribution in [0.2, 0.25) is 0 Å². The summed E-state index contributed by atoms with van der Waals surface area (Å²) in [5.41, 5.74) is 0. The molecule has 0 unspecified atom stereocenters. The predicted molar refractivity (Wildman–Crippen MR) is 113 cm³/mol. The molecule has 2 aliphatic rings. The summed E-state index contributed by atoms with van der Waals surface area (Å²) >= 11 is 0. The van der Waals surface area contributed by atoms with Crippen molar-refractivity contribution >= 4 is 0 Å². The standard InChI is InChI=1S/C25H44/c1-3-5-7-11-23-18-20-25(21-19-23)13-9-8-12-24-16-14-22(15-17-24)10-6-4-2/h6,9-10,13,22-25H,3-5,7-8,11-12,14-21H2,1-2H3. The smallest absolute Gasteiger partial charge is 0.0233 e. The largest absolute Gasteiger partial charge is 0.0885 e. The van der Waals surface area contributed by atoms with E-state index in [1.54, 1.807) is 0 Å². The number of allylic oxidation sites excluding steroid dienone is 4. The molecular weight excluding hydrogens is 300 g/mol. The molecule has 0 nitrogen and oxygen atoms in total. The molecule has 0 aromatic carbocycles. The first-order valence-electron chi connectivity index (χ1n) is 11.6. The highest BCUT2D eigenvalue weighted by molar-refractivity contribution is 4.93. The fourth-order valence-corrected chi connectivity index (χ4v) is 4.97. The normalized spacial score (nSPS) is 31.1. The molecular formula is C25H44. The molecule has 0 aromatic rings. The molecule has 25 heavy (non-hydrogen) atoms. The summed E-state index contributed by atoms with van der Waals surface area (Å²) in [6.45, 7) is 4.56. The van der Waals surface area contributed by atoms with E-state index in [-0.39, 0.29) is 0 Å². The van der Waals surface area contributed by atoms with Crippen LogP contribution in [-0.4, -0.2) is 0 Å². The third kappa shape index (κ3) is 8.61. The molecule has 144 valence electrons. The highest BCUT2D eigenvalue weighted by Crippen LogP contribution is 2.34. The van der Waals surface area contributed by atoms with Gasteiger partial charge in [-0.15, -0.1) is 0 Å². The average molecular weight is 345 g/mol. The number of hydrogen-bond acceptors (Lipinski definition) is 0. The van der Waals surface area contributed by atoms with E-state index in [2.05, 4.69) is 38.2 Å². The number of unbranched alkanes of at least 4 members (excludes halogenated alkanes) is 2. The Morgan fingerprint density at radius 1 is 0.640 bits per heavy atom. The number of hydrogen-bond donors (Lipinski definition) is 0. The highest BCUT2D eigenvalue weighted by Gasteiger charge is 2.20. The Morgan fingerprint density at radius 2 is 1.20 bits per heavy atom. The SMILES string of the molecule is CCC=CC1CCC(CCC=CC2CCC(CCCCC)CC2)CC1. The zero-order chi connectivity index (χ0) is 17.7. The van der Waals surface area contributed by atoms with Crippen LogP contribution in [0.1, 0.15) is 110 Å². The Morgan fingerprint density at radius 3 is 1.76 bits per heavy atom. The lowest BCUT2D eigenvalue weighted by atomic mass is 9.79. The van der Waals surface area contributed by atoms with Crippen LogP contribution in [-0.2, 0) is 0 Å². The molecule has 2 saturated carbocycles. The van der Waals surface area contributed by atoms with Gasteiger partial charge in [0.25, 0.3) is 0 Å². The molecule has 0 heterocycles. The van der Waals surface area contributed by atoms with Crippen LogP contribution >= 0.6 is 0 Å². The van der Waals surface area contributed by atoms with Crippen molar-refractivity contribution in [1.29, 1.82) is 0 Å². The first-order chi connectivity index (χ1) is 12.3. The van der Waals surface area contributed by atoms with E-state index in [9.17, 15) is 0 Å². The topological polar surface area (TPSA) is 0 Å². The van der Waals surface area contributed by atoms with Gasteiger partial charge < -0.3 is 0 Å². The van der Waals surface area contributed by atoms with Gasteiger partial charge in [0.05, 0.1) is 0 Å². The Bertz CT molecular complexity index is 361. The second kappa shape index (κ2) is 12.8. The van der Waals surface area contributed by atoms with Crippen LogP contribution in [0.3, 0.4) is 0 Å². The first-order valence-corrected chi connectivity index (χ1v) is 11.6. The lowest BCUT2D eigenvalue weighted by Crippen LogP contribution is -2.13. The summed E-state index contributed by atoms with van der Waals surface area (Å²) in [5, 5.41) is 0. The molecule has 0 N–H and O–H groups in total. The highest BCUT2D eigenvalue weighted by atomic mass is 14.3. The molecule has 0 heteroatoms. The summed E-state index contributed by atoms with van der Waals surface area (Å²) in [7, 11) is 0. The molecule has 0 spiro atoms. The molecule has 0 aromatic heterocycles. The van der Waals surface area contributed by atoms with Gasteiger partial charge in [-0.1, -0.05) is 63.8 Å². The van der Waals surface area contributed by atoms with Crippen LogP contribution in [0.15, 0.2) is 24.3 Å². The van der Waals surface area contributed by atoms with Gasteiger partial charge in [-0.3, -0.25) is 0 Å². The molecule has 0 bridgehead atoms. The van der Waals surface area contributed by atoms with E-state index in [0.717, 1.165) is 23.7 Å². The Balaban J connectivity index is 1.52. The van der Waals surface area contributed by atoms with Crippen LogP contribution in [0, 0.1) is 23.7 Å². The minimum atomic E-state index is 0.888. The van der Waals surface area contributed by atoms with Crippen LogP contribution in [0.4, 0.5) is 0 Å². The van der Waals surface area contributed by atoms with E-state index in [4.69, 9.17) is 0 Å². The quantitative estimate of drug-likeness (QED) is 0.275. The summed E-state index contributed by atoms with van der Waals surface area (Å²) in [4.78, 5) is 0. The molecule has 2 rings (SSSR count). The molecule has 0 amide bonds. The van der Waals surface area contributed by atoms with Crippen molar-refractivity contribution in [1.82, 2.24) is 0 Å². The van der Waals surface area contributed by atoms with Crippen LogP contribution in [0.5, 0.6) is 0 Å². The van der Waals surface area contributed by atoms with Crippen molar-refractivity contribution in [2.75, 3.05) is 0 Å². The summed E-state index contributed by atoms with van der Waals surface area (Å²) in [6, 6.07) is 0. The van der Waals surface area contributed by atoms with Gasteiger partial charge >= 0.3 is 0 Å². The van der Waals surface area contributed by atoms with Gasteiger partial charge in [0, 0.05) is 0 Å². The molecule has 0 atom stereocenters. The third-order valence-corrected chi connectivity index (χ3v) is 6.79. The minimum absolute atomic E-state index is 0.888. The van der Waals surface area contributed by atoms with Crippen molar-refractivity contribution in [2.24, 2.45) is 23.7 Å². The van der Waals surface area contributed by atoms with Gasteiger partial charge in [0.15, 0.2) is 0 Å². The van der Waals surface area contributed by atoms with Crippen LogP contribution < -0.4 is 0 Å². The third-order valence-electron chi connectivity index (χ3n) is 6.79. The minimum Gasteiger partial charge on any atom is -0.0885 e. The maximum Gasteiger partial charge on any atom is -0.0233 e. The van der Waals surface area contributed by atoms with E-state index in [0.29, 0.717) is 0 Å². The molecule has 0 radical (unpaired) electrons. The van der Waals surface area contributed by atoms with Gasteiger partial charge in [0.1, 0.15) is 0 Å². The monoisotopic (exact) mass is 344 g/mol. The van der Waals surface area contributed by atoms with Crippen molar-refractivity contribution in [3.05, 3.63) is 24.3 Å². The van der Waals surface area contributed by atoms with Gasteiger partial charge in [-0.05, 0) is 94.3 Å². The van der Waals surface area contributed by atoms with E-state index < -0.39 is 0 Å². The summed E-state index contributed by atoms with van der Waals surface area (Å²) in [5.74, 6) is 3.84. The molecule has 2 fully saturated rings. The number of rotatable bonds is 10. The second-order valence-electron chi connectivity index (χ2n) is 8.90. The van der Waals surface area contributed by atoms with Crippen LogP contribution in [0.25, 0.3) is 0 Å². The van der Waals surface area contributed by atoms with Gasteiger partial charge in [-0.2, -0.15) is 0 Å². The maximum atomic E-state index is 2.58. The molecule has 2 aliphatic carbocycles. The Hall–Kier alpha value is -0.520.